The molecule has 2 amide bonds. The summed E-state index contributed by atoms with van der Waals surface area (Å²) in [5.74, 6) is 1.36. The summed E-state index contributed by atoms with van der Waals surface area (Å²) in [6.45, 7) is 2.81. The molecule has 0 aliphatic heterocycles. The Balaban J connectivity index is 1.49. The summed E-state index contributed by atoms with van der Waals surface area (Å²) in [4.78, 5) is 12.0. The third kappa shape index (κ3) is 4.49. The predicted molar refractivity (Wildman–Crippen MR) is 102 cm³/mol. The highest BCUT2D eigenvalue weighted by Crippen LogP contribution is 2.27. The summed E-state index contributed by atoms with van der Waals surface area (Å²) >= 11 is 0. The fourth-order valence-corrected chi connectivity index (χ4v) is 2.81. The number of hydrogen-bond donors (Lipinski definition) is 2. The molecule has 0 atom stereocenters. The molecule has 1 aromatic heterocycles. The van der Waals surface area contributed by atoms with Gasteiger partial charge in [0.1, 0.15) is 5.69 Å². The van der Waals surface area contributed by atoms with Gasteiger partial charge in [0.2, 0.25) is 0 Å². The lowest BCUT2D eigenvalue weighted by Crippen LogP contribution is -2.36. The zero-order valence-electron chi connectivity index (χ0n) is 15.7. The van der Waals surface area contributed by atoms with E-state index in [9.17, 15) is 4.79 Å². The molecule has 0 radical (unpaired) electrons. The van der Waals surface area contributed by atoms with Crippen molar-refractivity contribution in [3.8, 4) is 11.5 Å². The van der Waals surface area contributed by atoms with Crippen LogP contribution >= 0.6 is 0 Å². The molecular formula is C20H23N3O4. The molecule has 7 nitrogen and oxygen atoms in total. The van der Waals surface area contributed by atoms with Gasteiger partial charge in [0.05, 0.1) is 20.8 Å². The number of carbonyl (C=O) groups is 1. The van der Waals surface area contributed by atoms with Crippen LogP contribution in [-0.2, 0) is 13.0 Å². The first-order chi connectivity index (χ1) is 13.1. The van der Waals surface area contributed by atoms with Crippen LogP contribution < -0.4 is 20.1 Å². The summed E-state index contributed by atoms with van der Waals surface area (Å²) in [6.07, 6.45) is 0.680. The Bertz CT molecular complexity index is 936. The van der Waals surface area contributed by atoms with Gasteiger partial charge in [0, 0.05) is 11.9 Å². The molecule has 0 aliphatic rings. The van der Waals surface area contributed by atoms with Crippen LogP contribution in [0.2, 0.25) is 0 Å². The molecule has 2 aromatic carbocycles. The molecule has 0 bridgehead atoms. The van der Waals surface area contributed by atoms with Gasteiger partial charge in [-0.3, -0.25) is 0 Å². The molecule has 142 valence electrons. The maximum Gasteiger partial charge on any atom is 0.315 e. The SMILES string of the molecule is COc1ccc(CCNC(=O)NCc2noc3ccc(C)cc23)cc1OC. The molecule has 0 unspecified atom stereocenters. The van der Waals surface area contributed by atoms with E-state index in [4.69, 9.17) is 14.0 Å². The number of hydrogen-bond acceptors (Lipinski definition) is 5. The Morgan fingerprint density at radius 1 is 1.07 bits per heavy atom. The first-order valence-corrected chi connectivity index (χ1v) is 8.68. The Morgan fingerprint density at radius 3 is 2.67 bits per heavy atom. The zero-order chi connectivity index (χ0) is 19.2. The molecule has 27 heavy (non-hydrogen) atoms. The van der Waals surface area contributed by atoms with Crippen LogP contribution in [0.1, 0.15) is 16.8 Å². The van der Waals surface area contributed by atoms with Crippen LogP contribution in [0, 0.1) is 6.92 Å². The van der Waals surface area contributed by atoms with Gasteiger partial charge in [0.25, 0.3) is 0 Å². The van der Waals surface area contributed by atoms with E-state index in [0.29, 0.717) is 42.3 Å². The maximum absolute atomic E-state index is 12.0. The van der Waals surface area contributed by atoms with Crippen LogP contribution in [0.4, 0.5) is 4.79 Å². The Labute approximate surface area is 157 Å². The van der Waals surface area contributed by atoms with E-state index in [1.807, 2.05) is 43.3 Å². The topological polar surface area (TPSA) is 85.6 Å². The first kappa shape index (κ1) is 18.6. The van der Waals surface area contributed by atoms with Crippen LogP contribution in [-0.4, -0.2) is 32.0 Å². The molecule has 0 saturated carbocycles. The summed E-state index contributed by atoms with van der Waals surface area (Å²) in [5.41, 5.74) is 3.59. The smallest absolute Gasteiger partial charge is 0.315 e. The van der Waals surface area contributed by atoms with E-state index in [2.05, 4.69) is 15.8 Å². The number of amides is 2. The van der Waals surface area contributed by atoms with Crippen molar-refractivity contribution >= 4 is 17.0 Å². The number of nitrogens with one attached hydrogen (secondary N) is 2. The molecule has 0 fully saturated rings. The fourth-order valence-electron chi connectivity index (χ4n) is 2.81. The molecule has 0 aliphatic carbocycles. The largest absolute Gasteiger partial charge is 0.493 e. The molecular weight excluding hydrogens is 346 g/mol. The minimum absolute atomic E-state index is 0.251. The molecule has 3 aromatic rings. The summed E-state index contributed by atoms with van der Waals surface area (Å²) in [6, 6.07) is 11.3. The van der Waals surface area contributed by atoms with Crippen molar-refractivity contribution in [1.82, 2.24) is 15.8 Å². The summed E-state index contributed by atoms with van der Waals surface area (Å²) in [7, 11) is 3.20. The Hall–Kier alpha value is -3.22. The van der Waals surface area contributed by atoms with E-state index in [1.165, 1.54) is 0 Å². The van der Waals surface area contributed by atoms with Crippen molar-refractivity contribution in [2.45, 2.75) is 19.9 Å². The van der Waals surface area contributed by atoms with Gasteiger partial charge >= 0.3 is 6.03 Å². The van der Waals surface area contributed by atoms with Gasteiger partial charge in [-0.25, -0.2) is 4.79 Å². The van der Waals surface area contributed by atoms with Crippen molar-refractivity contribution < 1.29 is 18.8 Å². The number of aryl methyl sites for hydroxylation is 1. The first-order valence-electron chi connectivity index (χ1n) is 8.68. The van der Waals surface area contributed by atoms with E-state index >= 15 is 0 Å². The number of methoxy groups -OCH3 is 2. The van der Waals surface area contributed by atoms with Crippen LogP contribution in [0.3, 0.4) is 0 Å². The van der Waals surface area contributed by atoms with E-state index in [-0.39, 0.29) is 6.03 Å². The van der Waals surface area contributed by atoms with Gasteiger partial charge in [-0.15, -0.1) is 0 Å². The molecule has 7 heteroatoms. The van der Waals surface area contributed by atoms with Gasteiger partial charge < -0.3 is 24.6 Å². The van der Waals surface area contributed by atoms with Gasteiger partial charge in [0.15, 0.2) is 17.1 Å². The number of urea groups is 1. The van der Waals surface area contributed by atoms with Gasteiger partial charge in [-0.1, -0.05) is 22.9 Å². The van der Waals surface area contributed by atoms with E-state index in [1.54, 1.807) is 14.2 Å². The van der Waals surface area contributed by atoms with Crippen molar-refractivity contribution in [2.75, 3.05) is 20.8 Å². The van der Waals surface area contributed by atoms with Crippen LogP contribution in [0.5, 0.6) is 11.5 Å². The molecule has 2 N–H and O–H groups in total. The maximum atomic E-state index is 12.0. The van der Waals surface area contributed by atoms with Crippen molar-refractivity contribution in [3.63, 3.8) is 0 Å². The monoisotopic (exact) mass is 369 g/mol. The predicted octanol–water partition coefficient (Wildman–Crippen LogP) is 3.20. The average molecular weight is 369 g/mol. The minimum atomic E-state index is -0.251. The molecule has 0 spiro atoms. The second-order valence-corrected chi connectivity index (χ2v) is 6.18. The van der Waals surface area contributed by atoms with Gasteiger partial charge in [-0.05, 0) is 43.2 Å². The lowest BCUT2D eigenvalue weighted by Gasteiger charge is -2.10. The number of benzene rings is 2. The number of ether oxygens (including phenoxy) is 2. The van der Waals surface area contributed by atoms with Crippen molar-refractivity contribution in [1.29, 1.82) is 0 Å². The number of nitrogens with zero attached hydrogens (tertiary/aromatic N) is 1. The van der Waals surface area contributed by atoms with Gasteiger partial charge in [-0.2, -0.15) is 0 Å². The van der Waals surface area contributed by atoms with Crippen LogP contribution in [0.25, 0.3) is 11.0 Å². The lowest BCUT2D eigenvalue weighted by molar-refractivity contribution is 0.240. The highest BCUT2D eigenvalue weighted by molar-refractivity contribution is 5.81. The highest BCUT2D eigenvalue weighted by Gasteiger charge is 2.10. The van der Waals surface area contributed by atoms with Crippen molar-refractivity contribution in [3.05, 3.63) is 53.2 Å². The number of fused-ring (bicyclic) bond motifs is 1. The number of carbonyl (C=O) groups excluding carboxylic acids is 1. The number of rotatable bonds is 7. The third-order valence-electron chi connectivity index (χ3n) is 4.26. The lowest BCUT2D eigenvalue weighted by atomic mass is 10.1. The quantitative estimate of drug-likeness (QED) is 0.668. The van der Waals surface area contributed by atoms with E-state index in [0.717, 1.165) is 16.5 Å². The molecule has 0 saturated heterocycles. The Kier molecular flexibility index (Phi) is 5.80. The zero-order valence-corrected chi connectivity index (χ0v) is 15.7. The fraction of sp³-hybridized carbons (Fsp3) is 0.300. The van der Waals surface area contributed by atoms with Crippen LogP contribution in [0.15, 0.2) is 40.9 Å². The number of aromatic nitrogens is 1. The third-order valence-corrected chi connectivity index (χ3v) is 4.26. The average Bonchev–Trinajstić information content (AvgIpc) is 3.08. The second kappa shape index (κ2) is 8.44. The molecule has 1 heterocycles. The normalized spacial score (nSPS) is 10.6. The molecule has 3 rings (SSSR count). The standard InChI is InChI=1S/C20H23N3O4/c1-13-4-6-17-15(10-13)16(23-27-17)12-22-20(24)21-9-8-14-5-7-18(25-2)19(11-14)26-3/h4-7,10-11H,8-9,12H2,1-3H3,(H2,21,22,24). The summed E-state index contributed by atoms with van der Waals surface area (Å²) < 4.78 is 15.8. The highest BCUT2D eigenvalue weighted by atomic mass is 16.5. The minimum Gasteiger partial charge on any atom is -0.493 e. The Morgan fingerprint density at radius 2 is 1.89 bits per heavy atom. The van der Waals surface area contributed by atoms with E-state index < -0.39 is 0 Å². The van der Waals surface area contributed by atoms with Crippen molar-refractivity contribution in [2.24, 2.45) is 0 Å². The second-order valence-electron chi connectivity index (χ2n) is 6.18. The summed E-state index contributed by atoms with van der Waals surface area (Å²) in [5, 5.41) is 10.6.